The highest BCUT2D eigenvalue weighted by molar-refractivity contribution is 4.94. The minimum atomic E-state index is 0.538. The summed E-state index contributed by atoms with van der Waals surface area (Å²) in [6.07, 6.45) is 11.5. The third-order valence-corrected chi connectivity index (χ3v) is 3.13. The minimum Gasteiger partial charge on any atom is -0.516 e. The average molecular weight is 224 g/mol. The van der Waals surface area contributed by atoms with Crippen LogP contribution in [0, 0.1) is 11.8 Å². The van der Waals surface area contributed by atoms with E-state index in [4.69, 9.17) is 5.11 Å². The predicted octanol–water partition coefficient (Wildman–Crippen LogP) is 5.25. The molecule has 0 heterocycles. The van der Waals surface area contributed by atoms with Gasteiger partial charge in [0, 0.05) is 0 Å². The van der Waals surface area contributed by atoms with Gasteiger partial charge in [-0.25, -0.2) is 0 Å². The van der Waals surface area contributed by atoms with Gasteiger partial charge in [0.25, 0.3) is 0 Å². The van der Waals surface area contributed by atoms with Gasteiger partial charge in [0.05, 0.1) is 6.26 Å². The zero-order chi connectivity index (χ0) is 12.4. The van der Waals surface area contributed by atoms with Crippen molar-refractivity contribution in [3.05, 3.63) is 24.0 Å². The fourth-order valence-corrected chi connectivity index (χ4v) is 1.97. The Labute approximate surface area is 101 Å². The number of allylic oxidation sites excluding steroid dienone is 3. The molecule has 0 radical (unpaired) electrons. The van der Waals surface area contributed by atoms with E-state index in [-0.39, 0.29) is 0 Å². The van der Waals surface area contributed by atoms with Crippen LogP contribution in [0.5, 0.6) is 0 Å². The first-order valence-corrected chi connectivity index (χ1v) is 6.56. The molecule has 1 nitrogen and oxygen atoms in total. The molecule has 0 amide bonds. The van der Waals surface area contributed by atoms with Gasteiger partial charge >= 0.3 is 0 Å². The lowest BCUT2D eigenvalue weighted by atomic mass is 9.86. The first-order chi connectivity index (χ1) is 7.61. The third-order valence-electron chi connectivity index (χ3n) is 3.13. The van der Waals surface area contributed by atoms with Gasteiger partial charge < -0.3 is 5.11 Å². The second kappa shape index (κ2) is 9.50. The molecule has 0 fully saturated rings. The summed E-state index contributed by atoms with van der Waals surface area (Å²) in [5.41, 5.74) is 1.40. The molecule has 0 aliphatic heterocycles. The summed E-state index contributed by atoms with van der Waals surface area (Å²) in [6, 6.07) is 0. The van der Waals surface area contributed by atoms with E-state index in [0.29, 0.717) is 11.8 Å². The van der Waals surface area contributed by atoms with E-state index in [1.807, 2.05) is 6.08 Å². The zero-order valence-electron chi connectivity index (χ0n) is 11.4. The summed E-state index contributed by atoms with van der Waals surface area (Å²) >= 11 is 0. The lowest BCUT2D eigenvalue weighted by Gasteiger charge is -2.19. The van der Waals surface area contributed by atoms with Crippen LogP contribution in [0.3, 0.4) is 0 Å². The molecule has 0 unspecified atom stereocenters. The molecular weight excluding hydrogens is 196 g/mol. The summed E-state index contributed by atoms with van der Waals surface area (Å²) in [4.78, 5) is 0. The van der Waals surface area contributed by atoms with Gasteiger partial charge in [-0.05, 0) is 51.0 Å². The van der Waals surface area contributed by atoms with E-state index < -0.39 is 0 Å². The molecule has 0 aromatic rings. The van der Waals surface area contributed by atoms with Gasteiger partial charge in [-0.3, -0.25) is 0 Å². The van der Waals surface area contributed by atoms with Crippen molar-refractivity contribution in [2.75, 3.05) is 0 Å². The molecule has 0 saturated heterocycles. The second-order valence-corrected chi connectivity index (χ2v) is 4.98. The quantitative estimate of drug-likeness (QED) is 0.441. The van der Waals surface area contributed by atoms with Crippen LogP contribution >= 0.6 is 0 Å². The van der Waals surface area contributed by atoms with Crippen LogP contribution in [-0.2, 0) is 0 Å². The Morgan fingerprint density at radius 1 is 1.25 bits per heavy atom. The normalized spacial score (nSPS) is 15.0. The monoisotopic (exact) mass is 224 g/mol. The maximum atomic E-state index is 8.91. The molecular formula is C15H28O. The van der Waals surface area contributed by atoms with Gasteiger partial charge in [0.15, 0.2) is 0 Å². The fourth-order valence-electron chi connectivity index (χ4n) is 1.97. The molecule has 0 spiro atoms. The number of rotatable bonds is 8. The summed E-state index contributed by atoms with van der Waals surface area (Å²) in [6.45, 7) is 8.80. The Bertz CT molecular complexity index is 211. The number of unbranched alkanes of at least 4 members (excludes halogenated alkanes) is 1. The van der Waals surface area contributed by atoms with Gasteiger partial charge in [-0.1, -0.05) is 38.3 Å². The Morgan fingerprint density at radius 3 is 2.44 bits per heavy atom. The maximum Gasteiger partial charge on any atom is 0.0754 e. The van der Waals surface area contributed by atoms with Crippen LogP contribution in [-0.4, -0.2) is 5.11 Å². The summed E-state index contributed by atoms with van der Waals surface area (Å²) < 4.78 is 0. The highest BCUT2D eigenvalue weighted by Crippen LogP contribution is 2.24. The second-order valence-electron chi connectivity index (χ2n) is 4.98. The Balaban J connectivity index is 4.05. The van der Waals surface area contributed by atoms with Crippen LogP contribution in [0.2, 0.25) is 0 Å². The number of hydrogen-bond donors (Lipinski definition) is 1. The smallest absolute Gasteiger partial charge is 0.0754 e. The predicted molar refractivity (Wildman–Crippen MR) is 72.6 cm³/mol. The van der Waals surface area contributed by atoms with Gasteiger partial charge in [-0.15, -0.1) is 0 Å². The molecule has 0 saturated carbocycles. The molecule has 1 N–H and O–H groups in total. The molecule has 2 atom stereocenters. The summed E-state index contributed by atoms with van der Waals surface area (Å²) in [7, 11) is 0. The summed E-state index contributed by atoms with van der Waals surface area (Å²) in [5, 5.41) is 8.91. The molecule has 94 valence electrons. The lowest BCUT2D eigenvalue weighted by Crippen LogP contribution is -2.09. The van der Waals surface area contributed by atoms with Crippen molar-refractivity contribution in [2.45, 2.75) is 59.8 Å². The van der Waals surface area contributed by atoms with Crippen LogP contribution in [0.4, 0.5) is 0 Å². The van der Waals surface area contributed by atoms with E-state index >= 15 is 0 Å². The third kappa shape index (κ3) is 7.56. The molecule has 0 aromatic carbocycles. The van der Waals surface area contributed by atoms with Crippen molar-refractivity contribution >= 4 is 0 Å². The molecule has 0 rings (SSSR count). The largest absolute Gasteiger partial charge is 0.516 e. The van der Waals surface area contributed by atoms with Gasteiger partial charge in [0.1, 0.15) is 0 Å². The Morgan fingerprint density at radius 2 is 1.94 bits per heavy atom. The average Bonchev–Trinajstić information content (AvgIpc) is 2.23. The van der Waals surface area contributed by atoms with Gasteiger partial charge in [-0.2, -0.15) is 0 Å². The van der Waals surface area contributed by atoms with Crippen molar-refractivity contribution in [3.63, 3.8) is 0 Å². The van der Waals surface area contributed by atoms with Gasteiger partial charge in [0.2, 0.25) is 0 Å². The number of aliphatic hydroxyl groups is 1. The fraction of sp³-hybridized carbons (Fsp3) is 0.733. The van der Waals surface area contributed by atoms with E-state index in [0.717, 1.165) is 6.42 Å². The lowest BCUT2D eigenvalue weighted by molar-refractivity contribution is 0.362. The maximum absolute atomic E-state index is 8.91. The van der Waals surface area contributed by atoms with Crippen molar-refractivity contribution in [1.82, 2.24) is 0 Å². The van der Waals surface area contributed by atoms with Crippen LogP contribution in [0.15, 0.2) is 24.0 Å². The topological polar surface area (TPSA) is 20.2 Å². The van der Waals surface area contributed by atoms with E-state index in [1.165, 1.54) is 37.5 Å². The molecule has 16 heavy (non-hydrogen) atoms. The van der Waals surface area contributed by atoms with Crippen molar-refractivity contribution < 1.29 is 5.11 Å². The standard InChI is InChI=1S/C15H28O/c1-5-6-10-15(11-12-16)14(4)9-7-8-13(2)3/h8,11-12,14-16H,5-7,9-10H2,1-4H3/b12-11-/t14-,15-/m1/s1. The molecule has 0 aliphatic carbocycles. The van der Waals surface area contributed by atoms with Crippen LogP contribution in [0.1, 0.15) is 59.8 Å². The zero-order valence-corrected chi connectivity index (χ0v) is 11.4. The van der Waals surface area contributed by atoms with E-state index in [9.17, 15) is 0 Å². The molecule has 0 bridgehead atoms. The summed E-state index contributed by atoms with van der Waals surface area (Å²) in [5.74, 6) is 1.20. The molecule has 0 aromatic heterocycles. The van der Waals surface area contributed by atoms with E-state index in [1.54, 1.807) is 0 Å². The van der Waals surface area contributed by atoms with Crippen molar-refractivity contribution in [1.29, 1.82) is 0 Å². The van der Waals surface area contributed by atoms with Crippen LogP contribution < -0.4 is 0 Å². The number of hydrogen-bond acceptors (Lipinski definition) is 1. The molecule has 0 aliphatic rings. The van der Waals surface area contributed by atoms with Crippen molar-refractivity contribution in [3.8, 4) is 0 Å². The highest BCUT2D eigenvalue weighted by Gasteiger charge is 2.13. The first-order valence-electron chi connectivity index (χ1n) is 6.56. The van der Waals surface area contributed by atoms with E-state index in [2.05, 4.69) is 33.8 Å². The van der Waals surface area contributed by atoms with Crippen LogP contribution in [0.25, 0.3) is 0 Å². The highest BCUT2D eigenvalue weighted by atomic mass is 16.2. The number of aliphatic hydroxyl groups excluding tert-OH is 1. The molecule has 1 heteroatoms. The minimum absolute atomic E-state index is 0.538. The Kier molecular flexibility index (Phi) is 9.07. The first kappa shape index (κ1) is 15.3. The van der Waals surface area contributed by atoms with Crippen molar-refractivity contribution in [2.24, 2.45) is 11.8 Å². The Hall–Kier alpha value is -0.720. The SMILES string of the molecule is CCCC[C@H](/C=C\O)[C@H](C)CCC=C(C)C.